The Bertz CT molecular complexity index is 448. The molecule has 21 heavy (non-hydrogen) atoms. The van der Waals surface area contributed by atoms with Gasteiger partial charge in [0.05, 0.1) is 20.8 Å². The molecule has 0 radical (unpaired) electrons. The van der Waals surface area contributed by atoms with Crippen molar-refractivity contribution in [3.8, 4) is 11.5 Å². The van der Waals surface area contributed by atoms with Crippen molar-refractivity contribution in [2.75, 3.05) is 20.8 Å². The summed E-state index contributed by atoms with van der Waals surface area (Å²) in [4.78, 5) is 11.2. The highest BCUT2D eigenvalue weighted by atomic mass is 16.5. The number of ether oxygens (including phenoxy) is 3. The molecule has 0 amide bonds. The van der Waals surface area contributed by atoms with E-state index in [0.717, 1.165) is 24.8 Å². The van der Waals surface area contributed by atoms with Crippen LogP contribution in [0.1, 0.15) is 44.2 Å². The van der Waals surface area contributed by atoms with Gasteiger partial charge >= 0.3 is 5.97 Å². The lowest BCUT2D eigenvalue weighted by atomic mass is 10.0. The number of nitrogens with two attached hydrogens (primary N) is 1. The topological polar surface area (TPSA) is 70.8 Å². The van der Waals surface area contributed by atoms with Gasteiger partial charge in [-0.25, -0.2) is 0 Å². The quantitative estimate of drug-likeness (QED) is 0.560. The summed E-state index contributed by atoms with van der Waals surface area (Å²) in [6.45, 7) is 2.24. The number of carbonyl (C=O) groups excluding carboxylic acids is 1. The van der Waals surface area contributed by atoms with Gasteiger partial charge in [0.1, 0.15) is 0 Å². The van der Waals surface area contributed by atoms with Crippen molar-refractivity contribution >= 4 is 5.97 Å². The number of carbonyl (C=O) groups is 1. The van der Waals surface area contributed by atoms with E-state index in [1.807, 2.05) is 25.1 Å². The Hall–Kier alpha value is -1.75. The van der Waals surface area contributed by atoms with Crippen molar-refractivity contribution in [3.63, 3.8) is 0 Å². The Morgan fingerprint density at radius 1 is 1.19 bits per heavy atom. The number of hydrogen-bond acceptors (Lipinski definition) is 5. The van der Waals surface area contributed by atoms with Gasteiger partial charge in [-0.2, -0.15) is 0 Å². The van der Waals surface area contributed by atoms with Gasteiger partial charge in [-0.3, -0.25) is 4.79 Å². The molecule has 5 heteroatoms. The molecule has 2 N–H and O–H groups in total. The third-order valence-electron chi connectivity index (χ3n) is 3.29. The smallest absolute Gasteiger partial charge is 0.305 e. The van der Waals surface area contributed by atoms with Gasteiger partial charge in [0.15, 0.2) is 11.5 Å². The molecular weight excluding hydrogens is 270 g/mol. The van der Waals surface area contributed by atoms with Gasteiger partial charge in [0, 0.05) is 12.5 Å². The first-order valence-corrected chi connectivity index (χ1v) is 7.25. The van der Waals surface area contributed by atoms with Crippen molar-refractivity contribution < 1.29 is 19.0 Å². The lowest BCUT2D eigenvalue weighted by Gasteiger charge is -2.15. The maximum atomic E-state index is 11.2. The van der Waals surface area contributed by atoms with Crippen molar-refractivity contribution in [1.29, 1.82) is 0 Å². The summed E-state index contributed by atoms with van der Waals surface area (Å²) in [6.07, 6.45) is 2.94. The molecule has 1 aromatic rings. The van der Waals surface area contributed by atoms with Crippen LogP contribution in [0.15, 0.2) is 18.2 Å². The van der Waals surface area contributed by atoms with Gasteiger partial charge in [-0.1, -0.05) is 12.5 Å². The standard InChI is InChI=1S/C16H25NO4/c1-4-21-16(18)8-6-5-7-13(17)12-9-10-14(19-2)15(11-12)20-3/h9-11,13H,4-8,17H2,1-3H3. The molecule has 0 aliphatic carbocycles. The van der Waals surface area contributed by atoms with E-state index in [9.17, 15) is 4.79 Å². The second kappa shape index (κ2) is 9.23. The highest BCUT2D eigenvalue weighted by Gasteiger charge is 2.11. The number of benzene rings is 1. The number of methoxy groups -OCH3 is 2. The summed E-state index contributed by atoms with van der Waals surface area (Å²) >= 11 is 0. The van der Waals surface area contributed by atoms with Gasteiger partial charge in [-0.15, -0.1) is 0 Å². The minimum Gasteiger partial charge on any atom is -0.493 e. The SMILES string of the molecule is CCOC(=O)CCCCC(N)c1ccc(OC)c(OC)c1. The molecule has 1 atom stereocenters. The van der Waals surface area contributed by atoms with Gasteiger partial charge in [-0.05, 0) is 37.5 Å². The molecule has 1 unspecified atom stereocenters. The average Bonchev–Trinajstić information content (AvgIpc) is 2.50. The second-order valence-corrected chi connectivity index (χ2v) is 4.77. The van der Waals surface area contributed by atoms with Crippen LogP contribution in [0.3, 0.4) is 0 Å². The van der Waals surface area contributed by atoms with Crippen LogP contribution in [0.25, 0.3) is 0 Å². The van der Waals surface area contributed by atoms with E-state index >= 15 is 0 Å². The van der Waals surface area contributed by atoms with Gasteiger partial charge in [0.25, 0.3) is 0 Å². The van der Waals surface area contributed by atoms with Crippen molar-refractivity contribution in [1.82, 2.24) is 0 Å². The predicted octanol–water partition coefficient (Wildman–Crippen LogP) is 2.83. The Kier molecular flexibility index (Phi) is 7.61. The molecular formula is C16H25NO4. The molecule has 0 bridgehead atoms. The zero-order chi connectivity index (χ0) is 15.7. The number of esters is 1. The maximum Gasteiger partial charge on any atom is 0.305 e. The van der Waals surface area contributed by atoms with Crippen LogP contribution in [0.5, 0.6) is 11.5 Å². The second-order valence-electron chi connectivity index (χ2n) is 4.77. The van der Waals surface area contributed by atoms with Crippen molar-refractivity contribution in [2.24, 2.45) is 5.73 Å². The normalized spacial score (nSPS) is 11.8. The Balaban J connectivity index is 2.45. The molecule has 0 spiro atoms. The number of unbranched alkanes of at least 4 members (excludes halogenated alkanes) is 1. The monoisotopic (exact) mass is 295 g/mol. The highest BCUT2D eigenvalue weighted by Crippen LogP contribution is 2.30. The molecule has 0 heterocycles. The Morgan fingerprint density at radius 2 is 1.90 bits per heavy atom. The summed E-state index contributed by atoms with van der Waals surface area (Å²) in [6, 6.07) is 5.62. The molecule has 0 saturated heterocycles. The third kappa shape index (κ3) is 5.63. The van der Waals surface area contributed by atoms with Crippen LogP contribution in [0, 0.1) is 0 Å². The highest BCUT2D eigenvalue weighted by molar-refractivity contribution is 5.69. The lowest BCUT2D eigenvalue weighted by molar-refractivity contribution is -0.143. The fourth-order valence-corrected chi connectivity index (χ4v) is 2.12. The van der Waals surface area contributed by atoms with Crippen LogP contribution >= 0.6 is 0 Å². The van der Waals surface area contributed by atoms with E-state index in [4.69, 9.17) is 19.9 Å². The molecule has 5 nitrogen and oxygen atoms in total. The van der Waals surface area contributed by atoms with Crippen molar-refractivity contribution in [2.45, 2.75) is 38.6 Å². The summed E-state index contributed by atoms with van der Waals surface area (Å²) in [5, 5.41) is 0. The van der Waals surface area contributed by atoms with E-state index in [1.165, 1.54) is 0 Å². The van der Waals surface area contributed by atoms with Crippen molar-refractivity contribution in [3.05, 3.63) is 23.8 Å². The van der Waals surface area contributed by atoms with Crippen LogP contribution < -0.4 is 15.2 Å². The first kappa shape index (κ1) is 17.3. The lowest BCUT2D eigenvalue weighted by Crippen LogP contribution is -2.11. The first-order valence-electron chi connectivity index (χ1n) is 7.25. The zero-order valence-electron chi connectivity index (χ0n) is 13.1. The van der Waals surface area contributed by atoms with E-state index in [1.54, 1.807) is 14.2 Å². The zero-order valence-corrected chi connectivity index (χ0v) is 13.1. The summed E-state index contributed by atoms with van der Waals surface area (Å²) in [5.74, 6) is 1.23. The number of rotatable bonds is 9. The van der Waals surface area contributed by atoms with Crippen LogP contribution in [0.4, 0.5) is 0 Å². The van der Waals surface area contributed by atoms with Crippen LogP contribution in [0.2, 0.25) is 0 Å². The molecule has 0 aliphatic heterocycles. The van der Waals surface area contributed by atoms with Crippen LogP contribution in [-0.2, 0) is 9.53 Å². The molecule has 1 rings (SSSR count). The maximum absolute atomic E-state index is 11.2. The minimum absolute atomic E-state index is 0.0769. The predicted molar refractivity (Wildman–Crippen MR) is 81.6 cm³/mol. The summed E-state index contributed by atoms with van der Waals surface area (Å²) in [5.41, 5.74) is 7.18. The van der Waals surface area contributed by atoms with E-state index in [0.29, 0.717) is 24.5 Å². The summed E-state index contributed by atoms with van der Waals surface area (Å²) < 4.78 is 15.4. The van der Waals surface area contributed by atoms with E-state index in [2.05, 4.69) is 0 Å². The fraction of sp³-hybridized carbons (Fsp3) is 0.562. The number of hydrogen-bond donors (Lipinski definition) is 1. The minimum atomic E-state index is -0.141. The Morgan fingerprint density at radius 3 is 2.52 bits per heavy atom. The molecule has 1 aromatic carbocycles. The van der Waals surface area contributed by atoms with E-state index in [-0.39, 0.29) is 12.0 Å². The van der Waals surface area contributed by atoms with Gasteiger partial charge in [0.2, 0.25) is 0 Å². The first-order chi connectivity index (χ1) is 10.1. The molecule has 118 valence electrons. The third-order valence-corrected chi connectivity index (χ3v) is 3.29. The van der Waals surface area contributed by atoms with Gasteiger partial charge < -0.3 is 19.9 Å². The largest absolute Gasteiger partial charge is 0.493 e. The molecule has 0 aliphatic rings. The molecule has 0 saturated carbocycles. The van der Waals surface area contributed by atoms with E-state index < -0.39 is 0 Å². The summed E-state index contributed by atoms with van der Waals surface area (Å²) in [7, 11) is 3.21. The van der Waals surface area contributed by atoms with Crippen LogP contribution in [-0.4, -0.2) is 26.8 Å². The Labute approximate surface area is 126 Å². The fourth-order valence-electron chi connectivity index (χ4n) is 2.12. The molecule has 0 fully saturated rings. The molecule has 0 aromatic heterocycles. The average molecular weight is 295 g/mol.